The Labute approximate surface area is 116 Å². The Morgan fingerprint density at radius 1 is 1.26 bits per heavy atom. The molecule has 1 aromatic carbocycles. The van der Waals surface area contributed by atoms with Gasteiger partial charge in [-0.25, -0.2) is 0 Å². The van der Waals surface area contributed by atoms with Crippen LogP contribution in [0.25, 0.3) is 11.0 Å². The molecule has 0 atom stereocenters. The number of rotatable bonds is 5. The summed E-state index contributed by atoms with van der Waals surface area (Å²) >= 11 is 6.12. The lowest BCUT2D eigenvalue weighted by molar-refractivity contribution is 0.550. The van der Waals surface area contributed by atoms with E-state index in [1.54, 1.807) is 6.20 Å². The minimum Gasteiger partial charge on any atom is -0.444 e. The van der Waals surface area contributed by atoms with E-state index in [0.717, 1.165) is 29.6 Å². The Hall–Kier alpha value is -1.78. The molecule has 0 unspecified atom stereocenters. The molecule has 0 amide bonds. The molecular weight excluding hydrogens is 262 g/mol. The van der Waals surface area contributed by atoms with Gasteiger partial charge in [0.2, 0.25) is 0 Å². The highest BCUT2D eigenvalue weighted by Crippen LogP contribution is 2.29. The Bertz CT molecular complexity index is 660. The van der Waals surface area contributed by atoms with Gasteiger partial charge in [0.1, 0.15) is 5.58 Å². The normalized spacial score (nSPS) is 11.2. The predicted octanol–water partition coefficient (Wildman–Crippen LogP) is 3.07. The quantitative estimate of drug-likeness (QED) is 0.728. The summed E-state index contributed by atoms with van der Waals surface area (Å²) in [6, 6.07) is 9.79. The molecule has 1 N–H and O–H groups in total. The Morgan fingerprint density at radius 2 is 2.16 bits per heavy atom. The fraction of sp³-hybridized carbons (Fsp3) is 0.214. The number of para-hydroxylation sites is 1. The highest BCUT2D eigenvalue weighted by molar-refractivity contribution is 6.30. The molecule has 0 aliphatic rings. The lowest BCUT2D eigenvalue weighted by Crippen LogP contribution is -2.19. The zero-order chi connectivity index (χ0) is 13.1. The fourth-order valence-corrected chi connectivity index (χ4v) is 2.33. The molecule has 5 heteroatoms. The molecule has 0 aliphatic heterocycles. The van der Waals surface area contributed by atoms with Crippen molar-refractivity contribution in [2.45, 2.75) is 13.1 Å². The molecule has 4 nitrogen and oxygen atoms in total. The molecule has 2 heterocycles. The second-order valence-corrected chi connectivity index (χ2v) is 4.64. The Morgan fingerprint density at radius 3 is 3.00 bits per heavy atom. The smallest absolute Gasteiger partial charge is 0.199 e. The molecule has 0 radical (unpaired) electrons. The van der Waals surface area contributed by atoms with E-state index in [0.29, 0.717) is 11.8 Å². The molecule has 0 fully saturated rings. The van der Waals surface area contributed by atoms with Gasteiger partial charge in [-0.1, -0.05) is 18.2 Å². The first-order valence-corrected chi connectivity index (χ1v) is 6.56. The van der Waals surface area contributed by atoms with E-state index in [-0.39, 0.29) is 0 Å². The van der Waals surface area contributed by atoms with Crippen LogP contribution >= 0.6 is 11.6 Å². The lowest BCUT2D eigenvalue weighted by atomic mass is 10.2. The maximum Gasteiger partial charge on any atom is 0.199 e. The molecule has 3 aromatic rings. The lowest BCUT2D eigenvalue weighted by Gasteiger charge is -2.04. The molecule has 19 heavy (non-hydrogen) atoms. The summed E-state index contributed by atoms with van der Waals surface area (Å²) in [6.07, 6.45) is 3.72. The molecule has 98 valence electrons. The van der Waals surface area contributed by atoms with Crippen LogP contribution in [0.5, 0.6) is 0 Å². The third-order valence-corrected chi connectivity index (χ3v) is 3.33. The van der Waals surface area contributed by atoms with Crippen LogP contribution < -0.4 is 5.32 Å². The SMILES string of the molecule is Clc1oc2ccccc2c1CNCCn1cccn1. The van der Waals surface area contributed by atoms with Crippen molar-refractivity contribution in [3.63, 3.8) is 0 Å². The number of hydrogen-bond acceptors (Lipinski definition) is 3. The van der Waals surface area contributed by atoms with Gasteiger partial charge in [0.15, 0.2) is 5.22 Å². The van der Waals surface area contributed by atoms with Crippen molar-refractivity contribution in [2.75, 3.05) is 6.54 Å². The van der Waals surface area contributed by atoms with Crippen LogP contribution in [0.4, 0.5) is 0 Å². The number of halogens is 1. The molecule has 0 aliphatic carbocycles. The van der Waals surface area contributed by atoms with Crippen LogP contribution in [0, 0.1) is 0 Å². The summed E-state index contributed by atoms with van der Waals surface area (Å²) in [7, 11) is 0. The first-order valence-electron chi connectivity index (χ1n) is 6.18. The van der Waals surface area contributed by atoms with Gasteiger partial charge < -0.3 is 9.73 Å². The van der Waals surface area contributed by atoms with Gasteiger partial charge in [0.25, 0.3) is 0 Å². The summed E-state index contributed by atoms with van der Waals surface area (Å²) < 4.78 is 7.40. The Kier molecular flexibility index (Phi) is 3.53. The van der Waals surface area contributed by atoms with Crippen LogP contribution in [-0.2, 0) is 13.1 Å². The van der Waals surface area contributed by atoms with Crippen molar-refractivity contribution in [3.05, 3.63) is 53.5 Å². The largest absolute Gasteiger partial charge is 0.444 e. The van der Waals surface area contributed by atoms with Crippen LogP contribution in [-0.4, -0.2) is 16.3 Å². The fourth-order valence-electron chi connectivity index (χ4n) is 2.07. The minimum atomic E-state index is 0.466. The van der Waals surface area contributed by atoms with Gasteiger partial charge in [-0.05, 0) is 23.7 Å². The summed E-state index contributed by atoms with van der Waals surface area (Å²) in [5.74, 6) is 0. The average molecular weight is 276 g/mol. The molecule has 0 saturated carbocycles. The second kappa shape index (κ2) is 5.47. The van der Waals surface area contributed by atoms with Crippen LogP contribution in [0.1, 0.15) is 5.56 Å². The van der Waals surface area contributed by atoms with Crippen LogP contribution in [0.3, 0.4) is 0 Å². The summed E-state index contributed by atoms with van der Waals surface area (Å²) in [5.41, 5.74) is 1.84. The zero-order valence-electron chi connectivity index (χ0n) is 10.3. The number of aromatic nitrogens is 2. The molecule has 0 spiro atoms. The van der Waals surface area contributed by atoms with Gasteiger partial charge in [0, 0.05) is 36.4 Å². The van der Waals surface area contributed by atoms with E-state index in [1.165, 1.54) is 0 Å². The predicted molar refractivity (Wildman–Crippen MR) is 75.2 cm³/mol. The number of nitrogens with zero attached hydrogens (tertiary/aromatic N) is 2. The summed E-state index contributed by atoms with van der Waals surface area (Å²) in [5, 5.41) is 9.04. The van der Waals surface area contributed by atoms with Crippen molar-refractivity contribution in [2.24, 2.45) is 0 Å². The van der Waals surface area contributed by atoms with Crippen molar-refractivity contribution < 1.29 is 4.42 Å². The number of fused-ring (bicyclic) bond motifs is 1. The van der Waals surface area contributed by atoms with Crippen LogP contribution in [0.15, 0.2) is 47.1 Å². The molecular formula is C14H14ClN3O. The first-order chi connectivity index (χ1) is 9.34. The third kappa shape index (κ3) is 2.64. The molecule has 0 saturated heterocycles. The number of hydrogen-bond donors (Lipinski definition) is 1. The Balaban J connectivity index is 1.63. The van der Waals surface area contributed by atoms with E-state index in [4.69, 9.17) is 16.0 Å². The van der Waals surface area contributed by atoms with Crippen molar-refractivity contribution >= 4 is 22.6 Å². The summed E-state index contributed by atoms with van der Waals surface area (Å²) in [6.45, 7) is 2.36. The van der Waals surface area contributed by atoms with E-state index in [9.17, 15) is 0 Å². The number of nitrogens with one attached hydrogen (secondary N) is 1. The van der Waals surface area contributed by atoms with E-state index in [2.05, 4.69) is 10.4 Å². The molecule has 3 rings (SSSR count). The van der Waals surface area contributed by atoms with Crippen molar-refractivity contribution in [3.8, 4) is 0 Å². The number of benzene rings is 1. The minimum absolute atomic E-state index is 0.466. The zero-order valence-corrected chi connectivity index (χ0v) is 11.1. The molecule has 0 bridgehead atoms. The van der Waals surface area contributed by atoms with Gasteiger partial charge >= 0.3 is 0 Å². The maximum absolute atomic E-state index is 6.12. The average Bonchev–Trinajstić information content (AvgIpc) is 3.02. The molecule has 2 aromatic heterocycles. The monoisotopic (exact) mass is 275 g/mol. The maximum atomic E-state index is 6.12. The third-order valence-electron chi connectivity index (χ3n) is 3.03. The summed E-state index contributed by atoms with van der Waals surface area (Å²) in [4.78, 5) is 0. The highest BCUT2D eigenvalue weighted by Gasteiger charge is 2.10. The van der Waals surface area contributed by atoms with E-state index >= 15 is 0 Å². The van der Waals surface area contributed by atoms with Gasteiger partial charge in [-0.3, -0.25) is 4.68 Å². The van der Waals surface area contributed by atoms with E-state index < -0.39 is 0 Å². The van der Waals surface area contributed by atoms with Crippen molar-refractivity contribution in [1.82, 2.24) is 15.1 Å². The highest BCUT2D eigenvalue weighted by atomic mass is 35.5. The van der Waals surface area contributed by atoms with E-state index in [1.807, 2.05) is 41.2 Å². The van der Waals surface area contributed by atoms with Gasteiger partial charge in [-0.15, -0.1) is 0 Å². The van der Waals surface area contributed by atoms with Crippen molar-refractivity contribution in [1.29, 1.82) is 0 Å². The second-order valence-electron chi connectivity index (χ2n) is 4.30. The standard InChI is InChI=1S/C14H14ClN3O/c15-14-12(11-4-1-2-5-13(11)19-14)10-16-7-9-18-8-3-6-17-18/h1-6,8,16H,7,9-10H2. The first kappa shape index (κ1) is 12.3. The van der Waals surface area contributed by atoms with Gasteiger partial charge in [0.05, 0.1) is 6.54 Å². The topological polar surface area (TPSA) is 43.0 Å². The number of furan rings is 1. The van der Waals surface area contributed by atoms with Gasteiger partial charge in [-0.2, -0.15) is 5.10 Å². The van der Waals surface area contributed by atoms with Crippen LogP contribution in [0.2, 0.25) is 5.22 Å².